The maximum absolute atomic E-state index is 6.01. The van der Waals surface area contributed by atoms with Crippen LogP contribution < -0.4 is 5.73 Å². The third-order valence-electron chi connectivity index (χ3n) is 4.08. The molecule has 2 fully saturated rings. The number of halogens is 1. The first-order valence-electron chi connectivity index (χ1n) is 6.38. The Hall–Kier alpha value is -0.0400. The van der Waals surface area contributed by atoms with Gasteiger partial charge in [-0.15, -0.1) is 24.0 Å². The van der Waals surface area contributed by atoms with Crippen molar-refractivity contribution in [2.75, 3.05) is 32.8 Å². The summed E-state index contributed by atoms with van der Waals surface area (Å²) in [6.07, 6.45) is 5.24. The highest BCUT2D eigenvalue weighted by Gasteiger charge is 2.34. The van der Waals surface area contributed by atoms with Crippen molar-refractivity contribution >= 4 is 29.9 Å². The Morgan fingerprint density at radius 3 is 2.47 bits per heavy atom. The van der Waals surface area contributed by atoms with Crippen LogP contribution in [0.2, 0.25) is 0 Å². The largest absolute Gasteiger partial charge is 0.378 e. The molecule has 1 aliphatic carbocycles. The molecule has 2 N–H and O–H groups in total. The fraction of sp³-hybridized carbons (Fsp3) is 0.917. The maximum Gasteiger partial charge on any atom is 0.191 e. The molecule has 5 heteroatoms. The summed E-state index contributed by atoms with van der Waals surface area (Å²) < 4.78 is 5.30. The first-order valence-corrected chi connectivity index (χ1v) is 6.38. The lowest BCUT2D eigenvalue weighted by Crippen LogP contribution is -2.45. The summed E-state index contributed by atoms with van der Waals surface area (Å²) in [5.41, 5.74) is 6.48. The molecule has 0 aromatic rings. The minimum atomic E-state index is 0. The van der Waals surface area contributed by atoms with Gasteiger partial charge in [-0.3, -0.25) is 4.99 Å². The highest BCUT2D eigenvalue weighted by Crippen LogP contribution is 2.43. The topological polar surface area (TPSA) is 50.8 Å². The minimum Gasteiger partial charge on any atom is -0.378 e. The summed E-state index contributed by atoms with van der Waals surface area (Å²) in [5.74, 6) is 0.711. The first-order chi connectivity index (χ1) is 7.76. The summed E-state index contributed by atoms with van der Waals surface area (Å²) >= 11 is 0. The average Bonchev–Trinajstić information content (AvgIpc) is 2.29. The fourth-order valence-corrected chi connectivity index (χ4v) is 2.44. The van der Waals surface area contributed by atoms with Crippen molar-refractivity contribution in [3.05, 3.63) is 0 Å². The molecule has 17 heavy (non-hydrogen) atoms. The van der Waals surface area contributed by atoms with Gasteiger partial charge in [0.1, 0.15) is 0 Å². The molecular weight excluding hydrogens is 329 g/mol. The Labute approximate surface area is 121 Å². The lowest BCUT2D eigenvalue weighted by molar-refractivity contribution is 0.0669. The van der Waals surface area contributed by atoms with E-state index in [9.17, 15) is 0 Å². The molecule has 1 heterocycles. The van der Waals surface area contributed by atoms with Crippen molar-refractivity contribution in [1.29, 1.82) is 0 Å². The molecule has 1 aliphatic heterocycles. The van der Waals surface area contributed by atoms with Gasteiger partial charge in [-0.05, 0) is 24.7 Å². The van der Waals surface area contributed by atoms with Crippen LogP contribution in [0, 0.1) is 5.41 Å². The third kappa shape index (κ3) is 3.71. The summed E-state index contributed by atoms with van der Waals surface area (Å²) in [4.78, 5) is 6.71. The molecule has 0 radical (unpaired) electrons. The number of hydrogen-bond donors (Lipinski definition) is 1. The van der Waals surface area contributed by atoms with Gasteiger partial charge in [-0.2, -0.15) is 0 Å². The second-order valence-electron chi connectivity index (χ2n) is 4.98. The van der Waals surface area contributed by atoms with Crippen LogP contribution in [0.5, 0.6) is 0 Å². The summed E-state index contributed by atoms with van der Waals surface area (Å²) in [7, 11) is 0. The molecular formula is C12H24IN3O. The van der Waals surface area contributed by atoms with Gasteiger partial charge in [0.05, 0.1) is 13.2 Å². The zero-order chi connectivity index (χ0) is 11.4. The third-order valence-corrected chi connectivity index (χ3v) is 4.08. The number of morpholine rings is 1. The van der Waals surface area contributed by atoms with Gasteiger partial charge in [0.15, 0.2) is 5.96 Å². The van der Waals surface area contributed by atoms with E-state index in [1.807, 2.05) is 0 Å². The van der Waals surface area contributed by atoms with Crippen molar-refractivity contribution in [3.8, 4) is 0 Å². The molecule has 0 atom stereocenters. The number of nitrogens with zero attached hydrogens (tertiary/aromatic N) is 2. The Morgan fingerprint density at radius 1 is 1.35 bits per heavy atom. The number of nitrogens with two attached hydrogens (primary N) is 1. The van der Waals surface area contributed by atoms with Crippen molar-refractivity contribution < 1.29 is 4.74 Å². The zero-order valence-electron chi connectivity index (χ0n) is 10.7. The van der Waals surface area contributed by atoms with Gasteiger partial charge in [0, 0.05) is 19.6 Å². The van der Waals surface area contributed by atoms with Crippen LogP contribution in [-0.4, -0.2) is 43.7 Å². The van der Waals surface area contributed by atoms with Gasteiger partial charge in [0.25, 0.3) is 0 Å². The van der Waals surface area contributed by atoms with Gasteiger partial charge >= 0.3 is 0 Å². The Morgan fingerprint density at radius 2 is 2.00 bits per heavy atom. The first kappa shape index (κ1) is 15.0. The van der Waals surface area contributed by atoms with Crippen molar-refractivity contribution in [1.82, 2.24) is 4.90 Å². The van der Waals surface area contributed by atoms with Crippen molar-refractivity contribution in [2.24, 2.45) is 16.1 Å². The van der Waals surface area contributed by atoms with Crippen LogP contribution in [0.25, 0.3) is 0 Å². The van der Waals surface area contributed by atoms with E-state index in [0.29, 0.717) is 11.4 Å². The summed E-state index contributed by atoms with van der Waals surface area (Å²) in [5, 5.41) is 0. The maximum atomic E-state index is 6.01. The van der Waals surface area contributed by atoms with Crippen LogP contribution in [0.15, 0.2) is 4.99 Å². The van der Waals surface area contributed by atoms with E-state index in [2.05, 4.69) is 16.8 Å². The minimum absolute atomic E-state index is 0. The molecule has 0 aromatic carbocycles. The molecule has 2 aliphatic rings. The van der Waals surface area contributed by atoms with Crippen LogP contribution in [0.3, 0.4) is 0 Å². The Kier molecular flexibility index (Phi) is 5.99. The van der Waals surface area contributed by atoms with Crippen molar-refractivity contribution in [2.45, 2.75) is 32.6 Å². The quantitative estimate of drug-likeness (QED) is 0.479. The fourth-order valence-electron chi connectivity index (χ4n) is 2.44. The Bertz CT molecular complexity index is 255. The number of aliphatic imine (C=N–C) groups is 1. The predicted molar refractivity (Wildman–Crippen MR) is 80.9 cm³/mol. The van der Waals surface area contributed by atoms with E-state index >= 15 is 0 Å². The molecule has 0 amide bonds. The molecule has 0 spiro atoms. The zero-order valence-corrected chi connectivity index (χ0v) is 13.0. The van der Waals surface area contributed by atoms with Gasteiger partial charge in [-0.25, -0.2) is 0 Å². The molecule has 1 saturated carbocycles. The standard InChI is InChI=1S/C12H23N3O.HI/c1-2-12(4-3-5-12)10-14-11(13)15-6-8-16-9-7-15;/h2-10H2,1H3,(H2,13,14);1H. The highest BCUT2D eigenvalue weighted by molar-refractivity contribution is 14.0. The molecule has 100 valence electrons. The average molecular weight is 353 g/mol. The van der Waals surface area contributed by atoms with Gasteiger partial charge in [-0.1, -0.05) is 13.3 Å². The highest BCUT2D eigenvalue weighted by atomic mass is 127. The van der Waals surface area contributed by atoms with E-state index in [-0.39, 0.29) is 24.0 Å². The molecule has 1 saturated heterocycles. The predicted octanol–water partition coefficient (Wildman–Crippen LogP) is 1.83. The number of rotatable bonds is 3. The van der Waals surface area contributed by atoms with E-state index in [1.54, 1.807) is 0 Å². The lowest BCUT2D eigenvalue weighted by atomic mass is 9.67. The summed E-state index contributed by atoms with van der Waals surface area (Å²) in [6, 6.07) is 0. The second kappa shape index (κ2) is 6.78. The second-order valence-corrected chi connectivity index (χ2v) is 4.98. The van der Waals surface area contributed by atoms with E-state index in [1.165, 1.54) is 25.7 Å². The number of ether oxygens (including phenoxy) is 1. The van der Waals surface area contributed by atoms with Gasteiger partial charge < -0.3 is 15.4 Å². The van der Waals surface area contributed by atoms with E-state index < -0.39 is 0 Å². The number of hydrogen-bond acceptors (Lipinski definition) is 2. The van der Waals surface area contributed by atoms with Crippen LogP contribution in [0.1, 0.15) is 32.6 Å². The Balaban J connectivity index is 0.00000144. The monoisotopic (exact) mass is 353 g/mol. The number of guanidine groups is 1. The lowest BCUT2D eigenvalue weighted by Gasteiger charge is -2.40. The van der Waals surface area contributed by atoms with Crippen molar-refractivity contribution in [3.63, 3.8) is 0 Å². The summed E-state index contributed by atoms with van der Waals surface area (Å²) in [6.45, 7) is 6.49. The van der Waals surface area contributed by atoms with Crippen LogP contribution in [0.4, 0.5) is 0 Å². The normalized spacial score (nSPS) is 23.8. The van der Waals surface area contributed by atoms with E-state index in [0.717, 1.165) is 32.8 Å². The smallest absolute Gasteiger partial charge is 0.191 e. The molecule has 0 aromatic heterocycles. The molecule has 0 bridgehead atoms. The molecule has 4 nitrogen and oxygen atoms in total. The molecule has 0 unspecified atom stereocenters. The SMILES string of the molecule is CCC1(CN=C(N)N2CCOCC2)CCC1.I. The van der Waals surface area contributed by atoms with E-state index in [4.69, 9.17) is 10.5 Å². The van der Waals surface area contributed by atoms with Crippen LogP contribution >= 0.6 is 24.0 Å². The van der Waals surface area contributed by atoms with Crippen LogP contribution in [-0.2, 0) is 4.74 Å². The molecule has 2 rings (SSSR count). The van der Waals surface area contributed by atoms with Gasteiger partial charge in [0.2, 0.25) is 0 Å².